The molecule has 3 heterocycles. The molecular weight excluding hydrogens is 384 g/mol. The third-order valence-electron chi connectivity index (χ3n) is 6.06. The van der Waals surface area contributed by atoms with Crippen LogP contribution < -0.4 is 9.80 Å². The topological polar surface area (TPSA) is 91.2 Å². The molecule has 1 aromatic heterocycles. The number of nitrogens with zero attached hydrogens (tertiary/aromatic N) is 4. The molecule has 0 atom stereocenters. The summed E-state index contributed by atoms with van der Waals surface area (Å²) in [5.41, 5.74) is -1.77. The number of likely N-dealkylation sites (N-methyl/N-ethyl adjacent to an activating group) is 2. The van der Waals surface area contributed by atoms with E-state index in [0.29, 0.717) is 65.2 Å². The highest BCUT2D eigenvalue weighted by Gasteiger charge is 2.34. The number of hydrogen-bond donors (Lipinski definition) is 2. The first-order valence-electron chi connectivity index (χ1n) is 10.9. The minimum absolute atomic E-state index is 0.225. The fourth-order valence-electron chi connectivity index (χ4n) is 4.01. The molecule has 1 aromatic rings. The average molecular weight is 423 g/mol. The highest BCUT2D eigenvalue weighted by molar-refractivity contribution is 5.51. The quantitative estimate of drug-likeness (QED) is 0.716. The Hall–Kier alpha value is -1.48. The molecule has 30 heavy (non-hydrogen) atoms. The molecule has 0 bridgehead atoms. The molecule has 2 N–H and O–H groups in total. The van der Waals surface area contributed by atoms with Gasteiger partial charge in [-0.05, 0) is 0 Å². The van der Waals surface area contributed by atoms with E-state index in [-0.39, 0.29) is 5.41 Å². The van der Waals surface area contributed by atoms with E-state index in [1.54, 1.807) is 0 Å². The monoisotopic (exact) mass is 422 g/mol. The molecule has 2 aliphatic rings. The zero-order valence-electron chi connectivity index (χ0n) is 19.1. The highest BCUT2D eigenvalue weighted by Crippen LogP contribution is 2.29. The summed E-state index contributed by atoms with van der Waals surface area (Å²) in [4.78, 5) is 13.6. The van der Waals surface area contributed by atoms with Gasteiger partial charge in [0.25, 0.3) is 0 Å². The van der Waals surface area contributed by atoms with Gasteiger partial charge in [-0.2, -0.15) is 0 Å². The Bertz CT molecular complexity index is 659. The summed E-state index contributed by atoms with van der Waals surface area (Å²) in [6.07, 6.45) is 2.49. The van der Waals surface area contributed by atoms with Crippen molar-refractivity contribution in [3.63, 3.8) is 0 Å². The molecule has 2 fully saturated rings. The smallest absolute Gasteiger partial charge is 0.138 e. The lowest BCUT2D eigenvalue weighted by molar-refractivity contribution is -0.0576. The zero-order chi connectivity index (χ0) is 22.0. The summed E-state index contributed by atoms with van der Waals surface area (Å²) < 4.78 is 10.8. The van der Waals surface area contributed by atoms with Crippen LogP contribution in [0.2, 0.25) is 0 Å². The molecule has 0 aliphatic carbocycles. The molecule has 170 valence electrons. The average Bonchev–Trinajstić information content (AvgIpc) is 2.67. The van der Waals surface area contributed by atoms with Crippen LogP contribution in [0.4, 0.5) is 11.6 Å². The lowest BCUT2D eigenvalue weighted by Crippen LogP contribution is -2.47. The van der Waals surface area contributed by atoms with Gasteiger partial charge < -0.3 is 29.5 Å². The van der Waals surface area contributed by atoms with Gasteiger partial charge in [0, 0.05) is 90.8 Å². The molecule has 0 saturated carbocycles. The van der Waals surface area contributed by atoms with Crippen molar-refractivity contribution in [1.29, 1.82) is 0 Å². The van der Waals surface area contributed by atoms with E-state index in [1.807, 2.05) is 30.0 Å². The molecule has 0 unspecified atom stereocenters. The lowest BCUT2D eigenvalue weighted by Gasteiger charge is -2.37. The molecule has 0 radical (unpaired) electrons. The van der Waals surface area contributed by atoms with E-state index in [0.717, 1.165) is 17.5 Å². The van der Waals surface area contributed by atoms with Crippen LogP contribution in [0.3, 0.4) is 0 Å². The van der Waals surface area contributed by atoms with E-state index >= 15 is 0 Å². The number of anilines is 2. The summed E-state index contributed by atoms with van der Waals surface area (Å²) >= 11 is 0. The fourth-order valence-corrected chi connectivity index (χ4v) is 4.01. The van der Waals surface area contributed by atoms with Crippen molar-refractivity contribution in [2.45, 2.75) is 63.1 Å². The van der Waals surface area contributed by atoms with Crippen molar-refractivity contribution in [1.82, 2.24) is 9.97 Å². The van der Waals surface area contributed by atoms with Crippen molar-refractivity contribution in [2.24, 2.45) is 0 Å². The third-order valence-corrected chi connectivity index (χ3v) is 6.06. The number of aromatic nitrogens is 2. The van der Waals surface area contributed by atoms with Crippen LogP contribution in [0.25, 0.3) is 0 Å². The maximum absolute atomic E-state index is 10.9. The van der Waals surface area contributed by atoms with Crippen LogP contribution in [0.5, 0.6) is 0 Å². The van der Waals surface area contributed by atoms with Gasteiger partial charge in [-0.1, -0.05) is 20.8 Å². The molecule has 3 rings (SSSR count). The van der Waals surface area contributed by atoms with Gasteiger partial charge >= 0.3 is 0 Å². The second-order valence-electron chi connectivity index (χ2n) is 10.0. The molecule has 0 spiro atoms. The Labute approximate surface area is 180 Å². The van der Waals surface area contributed by atoms with Crippen molar-refractivity contribution < 1.29 is 19.7 Å². The summed E-state index contributed by atoms with van der Waals surface area (Å²) in [6.45, 7) is 9.57. The van der Waals surface area contributed by atoms with E-state index < -0.39 is 11.2 Å². The molecule has 8 nitrogen and oxygen atoms in total. The van der Waals surface area contributed by atoms with Gasteiger partial charge in [0.15, 0.2) is 0 Å². The number of ether oxygens (including phenoxy) is 2. The van der Waals surface area contributed by atoms with Crippen LogP contribution in [0.1, 0.15) is 52.3 Å². The number of hydrogen-bond acceptors (Lipinski definition) is 8. The van der Waals surface area contributed by atoms with Crippen LogP contribution in [0.15, 0.2) is 6.07 Å². The zero-order valence-corrected chi connectivity index (χ0v) is 19.1. The van der Waals surface area contributed by atoms with Crippen LogP contribution >= 0.6 is 0 Å². The number of rotatable bonds is 6. The maximum Gasteiger partial charge on any atom is 0.138 e. The predicted octanol–water partition coefficient (Wildman–Crippen LogP) is 1.73. The molecule has 2 aliphatic heterocycles. The third kappa shape index (κ3) is 5.81. The van der Waals surface area contributed by atoms with Gasteiger partial charge in [0.1, 0.15) is 17.5 Å². The maximum atomic E-state index is 10.9. The van der Waals surface area contributed by atoms with E-state index in [4.69, 9.17) is 19.4 Å². The van der Waals surface area contributed by atoms with Gasteiger partial charge in [-0.25, -0.2) is 9.97 Å². The Kier molecular flexibility index (Phi) is 6.91. The standard InChI is InChI=1S/C22H38N4O4/c1-20(2,3)19-23-17(25(4)15-21(27)6-10-29-11-7-21)14-18(24-19)26(5)16-22(28)8-12-30-13-9-22/h14,27-28H,6-13,15-16H2,1-5H3. The second kappa shape index (κ2) is 8.94. The first-order valence-corrected chi connectivity index (χ1v) is 10.9. The Morgan fingerprint density at radius 3 is 1.53 bits per heavy atom. The lowest BCUT2D eigenvalue weighted by atomic mass is 9.93. The van der Waals surface area contributed by atoms with Crippen LogP contribution in [0, 0.1) is 0 Å². The van der Waals surface area contributed by atoms with Crippen molar-refractivity contribution >= 4 is 11.6 Å². The highest BCUT2D eigenvalue weighted by atomic mass is 16.5. The van der Waals surface area contributed by atoms with E-state index in [9.17, 15) is 10.2 Å². The Morgan fingerprint density at radius 1 is 0.833 bits per heavy atom. The largest absolute Gasteiger partial charge is 0.388 e. The Balaban J connectivity index is 1.84. The second-order valence-corrected chi connectivity index (χ2v) is 10.0. The van der Waals surface area contributed by atoms with Crippen molar-refractivity contribution in [3.05, 3.63) is 11.9 Å². The predicted molar refractivity (Wildman–Crippen MR) is 117 cm³/mol. The van der Waals surface area contributed by atoms with Gasteiger partial charge in [-0.3, -0.25) is 0 Å². The first-order chi connectivity index (χ1) is 14.0. The fraction of sp³-hybridized carbons (Fsp3) is 0.818. The summed E-state index contributed by atoms with van der Waals surface area (Å²) in [5, 5.41) is 21.9. The van der Waals surface area contributed by atoms with Gasteiger partial charge in [0.2, 0.25) is 0 Å². The van der Waals surface area contributed by atoms with E-state index in [2.05, 4.69) is 20.8 Å². The first kappa shape index (κ1) is 23.2. The molecule has 2 saturated heterocycles. The minimum atomic E-state index is -0.775. The normalized spacial score (nSPS) is 21.3. The SMILES string of the molecule is CN(CC1(O)CCOCC1)c1cc(N(C)CC2(O)CCOCC2)nc(C(C)(C)C)n1. The Morgan fingerprint density at radius 2 is 1.20 bits per heavy atom. The van der Waals surface area contributed by atoms with E-state index in [1.165, 1.54) is 0 Å². The molecule has 0 aromatic carbocycles. The molecule has 0 amide bonds. The van der Waals surface area contributed by atoms with Crippen LogP contribution in [-0.4, -0.2) is 85.0 Å². The van der Waals surface area contributed by atoms with Crippen LogP contribution in [-0.2, 0) is 14.9 Å². The molecule has 8 heteroatoms. The summed E-state index contributed by atoms with van der Waals surface area (Å²) in [6, 6.07) is 1.95. The van der Waals surface area contributed by atoms with Crippen molar-refractivity contribution in [3.8, 4) is 0 Å². The molecular formula is C22H38N4O4. The summed E-state index contributed by atoms with van der Waals surface area (Å²) in [7, 11) is 3.91. The van der Waals surface area contributed by atoms with Gasteiger partial charge in [0.05, 0.1) is 11.2 Å². The van der Waals surface area contributed by atoms with Crippen molar-refractivity contribution in [2.75, 3.05) is 63.4 Å². The van der Waals surface area contributed by atoms with Gasteiger partial charge in [-0.15, -0.1) is 0 Å². The minimum Gasteiger partial charge on any atom is -0.388 e. The summed E-state index contributed by atoms with van der Waals surface area (Å²) in [5.74, 6) is 2.29. The number of aliphatic hydroxyl groups is 2.